The van der Waals surface area contributed by atoms with Crippen LogP contribution < -0.4 is 0 Å². The molecule has 2 N–H and O–H groups in total. The van der Waals surface area contributed by atoms with Crippen molar-refractivity contribution in [2.24, 2.45) is 5.41 Å². The summed E-state index contributed by atoms with van der Waals surface area (Å²) in [6.07, 6.45) is 7.08. The summed E-state index contributed by atoms with van der Waals surface area (Å²) in [6.45, 7) is 15.8. The van der Waals surface area contributed by atoms with Gasteiger partial charge in [-0.2, -0.15) is 0 Å². The van der Waals surface area contributed by atoms with Gasteiger partial charge in [-0.3, -0.25) is 0 Å². The van der Waals surface area contributed by atoms with Gasteiger partial charge >= 0.3 is 0 Å². The molecule has 0 aromatic heterocycles. The number of allylic oxidation sites excluding steroid dienone is 1. The Morgan fingerprint density at radius 2 is 1.91 bits per heavy atom. The van der Waals surface area contributed by atoms with Crippen LogP contribution in [0.15, 0.2) is 23.8 Å². The lowest BCUT2D eigenvalue weighted by Crippen LogP contribution is -2.45. The Hall–Kier alpha value is -0.423. The number of aliphatic hydroxyl groups excluding tert-OH is 1. The minimum Gasteiger partial charge on any atom is -0.413 e. The molecule has 0 aromatic rings. The van der Waals surface area contributed by atoms with Gasteiger partial charge in [-0.05, 0) is 42.0 Å². The van der Waals surface area contributed by atoms with E-state index >= 15 is 0 Å². The van der Waals surface area contributed by atoms with E-state index < -0.39 is 13.9 Å². The molecule has 0 fully saturated rings. The maximum absolute atomic E-state index is 11.1. The highest BCUT2D eigenvalue weighted by Gasteiger charge is 2.42. The highest BCUT2D eigenvalue weighted by molar-refractivity contribution is 6.74. The standard InChI is InChI=1S/C18H34O3Si/c1-16(2,3)22(6,7)21-13-15-9-11-17(4,5)14-18(15,20)10-8-12-19/h8-10,19-20H,11-14H2,1-7H3/b10-8+/t18-/m0/s1. The van der Waals surface area contributed by atoms with Crippen molar-refractivity contribution in [3.8, 4) is 0 Å². The van der Waals surface area contributed by atoms with E-state index in [9.17, 15) is 5.11 Å². The first-order valence-corrected chi connectivity index (χ1v) is 11.1. The van der Waals surface area contributed by atoms with E-state index in [1.807, 2.05) is 0 Å². The normalized spacial score (nSPS) is 26.3. The van der Waals surface area contributed by atoms with Crippen molar-refractivity contribution in [3.05, 3.63) is 23.8 Å². The van der Waals surface area contributed by atoms with E-state index in [-0.39, 0.29) is 17.1 Å². The van der Waals surface area contributed by atoms with Crippen LogP contribution >= 0.6 is 0 Å². The van der Waals surface area contributed by atoms with Crippen molar-refractivity contribution in [2.45, 2.75) is 71.2 Å². The fraction of sp³-hybridized carbons (Fsp3) is 0.778. The molecule has 3 nitrogen and oxygen atoms in total. The predicted octanol–water partition coefficient (Wildman–Crippen LogP) is 4.03. The summed E-state index contributed by atoms with van der Waals surface area (Å²) >= 11 is 0. The Kier molecular flexibility index (Phi) is 5.88. The van der Waals surface area contributed by atoms with Crippen LogP contribution in [-0.4, -0.2) is 37.3 Å². The van der Waals surface area contributed by atoms with Crippen LogP contribution in [0.3, 0.4) is 0 Å². The maximum atomic E-state index is 11.1. The lowest BCUT2D eigenvalue weighted by atomic mass is 9.70. The van der Waals surface area contributed by atoms with Crippen LogP contribution in [0.25, 0.3) is 0 Å². The summed E-state index contributed by atoms with van der Waals surface area (Å²) in [4.78, 5) is 0. The zero-order valence-corrected chi connectivity index (χ0v) is 16.4. The molecule has 0 radical (unpaired) electrons. The molecule has 0 aliphatic heterocycles. The fourth-order valence-electron chi connectivity index (χ4n) is 2.56. The molecule has 1 aliphatic carbocycles. The molecule has 1 aliphatic rings. The Morgan fingerprint density at radius 1 is 1.32 bits per heavy atom. The first kappa shape index (κ1) is 19.6. The monoisotopic (exact) mass is 326 g/mol. The van der Waals surface area contributed by atoms with E-state index in [2.05, 4.69) is 53.8 Å². The molecule has 0 saturated heterocycles. The van der Waals surface area contributed by atoms with E-state index in [4.69, 9.17) is 9.53 Å². The SMILES string of the molecule is CC1(C)CC=C(CO[Si](C)(C)C(C)(C)C)[C@](O)(/C=C/CO)C1. The quantitative estimate of drug-likeness (QED) is 0.592. The molecule has 128 valence electrons. The third-order valence-electron chi connectivity index (χ3n) is 5.10. The number of aliphatic hydroxyl groups is 2. The van der Waals surface area contributed by atoms with Crippen LogP contribution in [0.4, 0.5) is 0 Å². The average Bonchev–Trinajstić information content (AvgIpc) is 2.33. The minimum atomic E-state index is -1.84. The smallest absolute Gasteiger partial charge is 0.192 e. The first-order valence-electron chi connectivity index (χ1n) is 8.17. The molecule has 4 heteroatoms. The minimum absolute atomic E-state index is 0.0506. The van der Waals surface area contributed by atoms with Crippen LogP contribution in [-0.2, 0) is 4.43 Å². The average molecular weight is 327 g/mol. The van der Waals surface area contributed by atoms with Crippen LogP contribution in [0.2, 0.25) is 18.1 Å². The Balaban J connectivity index is 2.95. The van der Waals surface area contributed by atoms with E-state index in [0.29, 0.717) is 13.0 Å². The second-order valence-electron chi connectivity index (χ2n) is 8.83. The number of hydrogen-bond acceptors (Lipinski definition) is 3. The van der Waals surface area contributed by atoms with E-state index in [1.54, 1.807) is 12.2 Å². The van der Waals surface area contributed by atoms with Crippen molar-refractivity contribution in [2.75, 3.05) is 13.2 Å². The zero-order valence-electron chi connectivity index (χ0n) is 15.4. The van der Waals surface area contributed by atoms with Crippen LogP contribution in [0.5, 0.6) is 0 Å². The molecular weight excluding hydrogens is 292 g/mol. The topological polar surface area (TPSA) is 49.7 Å². The molecule has 22 heavy (non-hydrogen) atoms. The van der Waals surface area contributed by atoms with E-state index in [0.717, 1.165) is 12.0 Å². The molecule has 0 heterocycles. The molecule has 0 spiro atoms. The highest BCUT2D eigenvalue weighted by atomic mass is 28.4. The summed E-state index contributed by atoms with van der Waals surface area (Å²) in [6, 6.07) is 0. The summed E-state index contributed by atoms with van der Waals surface area (Å²) in [5, 5.41) is 20.3. The van der Waals surface area contributed by atoms with Crippen LogP contribution in [0, 0.1) is 5.41 Å². The van der Waals surface area contributed by atoms with Gasteiger partial charge in [0.25, 0.3) is 0 Å². The number of rotatable bonds is 5. The van der Waals surface area contributed by atoms with Gasteiger partial charge in [0.1, 0.15) is 5.60 Å². The third-order valence-corrected chi connectivity index (χ3v) is 9.58. The van der Waals surface area contributed by atoms with Crippen molar-refractivity contribution in [1.29, 1.82) is 0 Å². The molecule has 0 bridgehead atoms. The second kappa shape index (κ2) is 6.60. The molecule has 0 saturated carbocycles. The summed E-state index contributed by atoms with van der Waals surface area (Å²) in [7, 11) is -1.84. The van der Waals surface area contributed by atoms with Gasteiger partial charge in [-0.25, -0.2) is 0 Å². The second-order valence-corrected chi connectivity index (χ2v) is 13.6. The fourth-order valence-corrected chi connectivity index (χ4v) is 3.51. The molecule has 0 unspecified atom stereocenters. The maximum Gasteiger partial charge on any atom is 0.192 e. The predicted molar refractivity (Wildman–Crippen MR) is 95.4 cm³/mol. The molecule has 0 aromatic carbocycles. The van der Waals surface area contributed by atoms with E-state index in [1.165, 1.54) is 0 Å². The Bertz CT molecular complexity index is 444. The number of hydrogen-bond donors (Lipinski definition) is 2. The van der Waals surface area contributed by atoms with Crippen molar-refractivity contribution >= 4 is 8.32 Å². The van der Waals surface area contributed by atoms with Crippen molar-refractivity contribution in [1.82, 2.24) is 0 Å². The van der Waals surface area contributed by atoms with Gasteiger partial charge in [0.2, 0.25) is 0 Å². The zero-order chi connectivity index (χ0) is 17.2. The first-order chi connectivity index (χ1) is 9.83. The summed E-state index contributed by atoms with van der Waals surface area (Å²) < 4.78 is 6.29. The molecule has 1 atom stereocenters. The van der Waals surface area contributed by atoms with Gasteiger partial charge in [-0.15, -0.1) is 0 Å². The lowest BCUT2D eigenvalue weighted by molar-refractivity contribution is 0.0538. The molecular formula is C18H34O3Si. The van der Waals surface area contributed by atoms with Gasteiger partial charge in [0, 0.05) is 0 Å². The van der Waals surface area contributed by atoms with Crippen LogP contribution in [0.1, 0.15) is 47.5 Å². The lowest BCUT2D eigenvalue weighted by Gasteiger charge is -2.42. The van der Waals surface area contributed by atoms with Crippen molar-refractivity contribution < 1.29 is 14.6 Å². The van der Waals surface area contributed by atoms with Gasteiger partial charge < -0.3 is 14.6 Å². The summed E-state index contributed by atoms with van der Waals surface area (Å²) in [5.41, 5.74) is -0.0247. The van der Waals surface area contributed by atoms with Gasteiger partial charge in [-0.1, -0.05) is 52.8 Å². The Morgan fingerprint density at radius 3 is 2.41 bits per heavy atom. The molecule has 0 amide bonds. The van der Waals surface area contributed by atoms with Gasteiger partial charge in [0.05, 0.1) is 13.2 Å². The largest absolute Gasteiger partial charge is 0.413 e. The molecule has 1 rings (SSSR count). The third kappa shape index (κ3) is 4.78. The van der Waals surface area contributed by atoms with Crippen molar-refractivity contribution in [3.63, 3.8) is 0 Å². The summed E-state index contributed by atoms with van der Waals surface area (Å²) in [5.74, 6) is 0. The van der Waals surface area contributed by atoms with Gasteiger partial charge in [0.15, 0.2) is 8.32 Å². The highest BCUT2D eigenvalue weighted by Crippen LogP contribution is 2.43. The Labute approximate surface area is 137 Å².